The van der Waals surface area contributed by atoms with E-state index in [4.69, 9.17) is 0 Å². The smallest absolute Gasteiger partial charge is 0.244 e. The molecule has 7 nitrogen and oxygen atoms in total. The predicted molar refractivity (Wildman–Crippen MR) is 141 cm³/mol. The second-order valence-electron chi connectivity index (χ2n) is 11.7. The number of benzene rings is 1. The highest BCUT2D eigenvalue weighted by Gasteiger charge is 2.77. The zero-order valence-corrected chi connectivity index (χ0v) is 22.4. The van der Waals surface area contributed by atoms with Gasteiger partial charge in [-0.15, -0.1) is 11.8 Å². The molecule has 4 fully saturated rings. The molecule has 1 aromatic carbocycles. The van der Waals surface area contributed by atoms with E-state index in [9.17, 15) is 19.5 Å². The normalized spacial score (nSPS) is 34.6. The van der Waals surface area contributed by atoms with Crippen molar-refractivity contribution in [3.8, 4) is 0 Å². The van der Waals surface area contributed by atoms with Crippen molar-refractivity contribution < 1.29 is 19.5 Å². The Balaban J connectivity index is 1.51. The second kappa shape index (κ2) is 9.67. The van der Waals surface area contributed by atoms with Gasteiger partial charge in [-0.05, 0) is 50.7 Å². The number of amides is 3. The van der Waals surface area contributed by atoms with Crippen molar-refractivity contribution in [2.24, 2.45) is 17.8 Å². The molecule has 4 aliphatic rings. The first-order valence-corrected chi connectivity index (χ1v) is 14.3. The highest BCUT2D eigenvalue weighted by atomic mass is 32.2. The standard InChI is InChI=1S/C28H39N3O4S/c1-17(2)20(16-32)31-23(25(34)30-19-12-8-5-9-13-19)28-15-14-27(3,36-28)21(22(28)26(31)35)24(33)29-18-10-6-4-7-11-18/h4,6-7,10-11,17,19-23,32H,5,8-9,12-16H2,1-3H3,(H,29,33)(H,30,34)/t20-,21-,22-,23?,27+,28?/m0/s1. The number of anilines is 1. The minimum atomic E-state index is -0.683. The van der Waals surface area contributed by atoms with Gasteiger partial charge >= 0.3 is 0 Å². The number of aliphatic hydroxyl groups excluding tert-OH is 1. The number of carbonyl (C=O) groups excluding carboxylic acids is 3. The predicted octanol–water partition coefficient (Wildman–Crippen LogP) is 3.57. The molecule has 6 atom stereocenters. The maximum absolute atomic E-state index is 14.2. The number of hydrogen-bond donors (Lipinski definition) is 3. The molecule has 8 heteroatoms. The van der Waals surface area contributed by atoms with Crippen molar-refractivity contribution in [1.29, 1.82) is 0 Å². The number of aliphatic hydroxyl groups is 1. The highest BCUT2D eigenvalue weighted by molar-refractivity contribution is 8.02. The van der Waals surface area contributed by atoms with Gasteiger partial charge in [-0.2, -0.15) is 0 Å². The number of hydrogen-bond acceptors (Lipinski definition) is 5. The van der Waals surface area contributed by atoms with E-state index < -0.39 is 33.4 Å². The van der Waals surface area contributed by atoms with Gasteiger partial charge in [0.25, 0.3) is 0 Å². The molecule has 0 aromatic heterocycles. The molecular formula is C28H39N3O4S. The third kappa shape index (κ3) is 4.05. The first-order chi connectivity index (χ1) is 17.2. The van der Waals surface area contributed by atoms with Gasteiger partial charge in [0.2, 0.25) is 17.7 Å². The van der Waals surface area contributed by atoms with E-state index in [0.717, 1.165) is 38.5 Å². The van der Waals surface area contributed by atoms with Gasteiger partial charge in [0.15, 0.2) is 0 Å². The number of thioether (sulfide) groups is 1. The van der Waals surface area contributed by atoms with Gasteiger partial charge in [-0.1, -0.05) is 51.3 Å². The van der Waals surface area contributed by atoms with Crippen LogP contribution >= 0.6 is 11.8 Å². The highest BCUT2D eigenvalue weighted by Crippen LogP contribution is 2.71. The molecular weight excluding hydrogens is 474 g/mol. The van der Waals surface area contributed by atoms with Crippen LogP contribution in [0.15, 0.2) is 30.3 Å². The van der Waals surface area contributed by atoms with Gasteiger partial charge in [-0.25, -0.2) is 0 Å². The zero-order valence-electron chi connectivity index (χ0n) is 21.5. The fourth-order valence-electron chi connectivity index (χ4n) is 7.31. The lowest BCUT2D eigenvalue weighted by Crippen LogP contribution is -2.59. The van der Waals surface area contributed by atoms with E-state index in [1.165, 1.54) is 6.42 Å². The number of fused-ring (bicyclic) bond motifs is 1. The SMILES string of the molecule is CC(C)[C@H](CO)N1C(=O)[C@@H]2[C@@H](C(=O)Nc3ccccc3)[C@@]3(C)CCC2(S3)C1C(=O)NC1CCCCC1. The summed E-state index contributed by atoms with van der Waals surface area (Å²) < 4.78 is -1.08. The number of carbonyl (C=O) groups is 3. The number of nitrogens with one attached hydrogen (secondary N) is 2. The monoisotopic (exact) mass is 513 g/mol. The lowest BCUT2D eigenvalue weighted by atomic mass is 9.66. The Bertz CT molecular complexity index is 1010. The van der Waals surface area contributed by atoms with Crippen LogP contribution in [0.1, 0.15) is 65.7 Å². The van der Waals surface area contributed by atoms with Crippen LogP contribution in [0.5, 0.6) is 0 Å². The quantitative estimate of drug-likeness (QED) is 0.518. The Morgan fingerprint density at radius 1 is 1.11 bits per heavy atom. The summed E-state index contributed by atoms with van der Waals surface area (Å²) in [6, 6.07) is 8.31. The third-order valence-corrected chi connectivity index (χ3v) is 11.0. The molecule has 1 saturated carbocycles. The fourth-order valence-corrected chi connectivity index (χ4v) is 9.65. The van der Waals surface area contributed by atoms with Gasteiger partial charge in [0, 0.05) is 16.5 Å². The Kier molecular flexibility index (Phi) is 6.87. The van der Waals surface area contributed by atoms with Crippen molar-refractivity contribution >= 4 is 35.2 Å². The average molecular weight is 514 g/mol. The summed E-state index contributed by atoms with van der Waals surface area (Å²) >= 11 is 1.68. The van der Waals surface area contributed by atoms with Crippen molar-refractivity contribution in [1.82, 2.24) is 10.2 Å². The molecule has 5 rings (SSSR count). The third-order valence-electron chi connectivity index (χ3n) is 9.05. The summed E-state index contributed by atoms with van der Waals surface area (Å²) in [6.07, 6.45) is 6.82. The van der Waals surface area contributed by atoms with Gasteiger partial charge < -0.3 is 20.6 Å². The molecule has 1 spiro atoms. The van der Waals surface area contributed by atoms with Crippen LogP contribution in [0.25, 0.3) is 0 Å². The van der Waals surface area contributed by atoms with Crippen molar-refractivity contribution in [3.63, 3.8) is 0 Å². The lowest BCUT2D eigenvalue weighted by Gasteiger charge is -2.39. The summed E-state index contributed by atoms with van der Waals surface area (Å²) in [5.41, 5.74) is 0.706. The number of likely N-dealkylation sites (tertiary alicyclic amines) is 1. The Morgan fingerprint density at radius 2 is 1.81 bits per heavy atom. The van der Waals surface area contributed by atoms with E-state index in [1.54, 1.807) is 16.7 Å². The first kappa shape index (κ1) is 25.6. The van der Waals surface area contributed by atoms with E-state index >= 15 is 0 Å². The van der Waals surface area contributed by atoms with Crippen molar-refractivity contribution in [2.45, 2.75) is 93.3 Å². The average Bonchev–Trinajstić information content (AvgIpc) is 3.42. The van der Waals surface area contributed by atoms with Crippen LogP contribution in [0.3, 0.4) is 0 Å². The molecule has 3 saturated heterocycles. The molecule has 3 heterocycles. The van der Waals surface area contributed by atoms with E-state index in [2.05, 4.69) is 17.6 Å². The summed E-state index contributed by atoms with van der Waals surface area (Å²) in [5, 5.41) is 16.7. The maximum Gasteiger partial charge on any atom is 0.244 e. The summed E-state index contributed by atoms with van der Waals surface area (Å²) in [4.78, 5) is 43.6. The molecule has 2 bridgehead atoms. The van der Waals surface area contributed by atoms with Crippen molar-refractivity contribution in [3.05, 3.63) is 30.3 Å². The fraction of sp³-hybridized carbons (Fsp3) is 0.679. The Hall–Kier alpha value is -2.06. The van der Waals surface area contributed by atoms with Crippen LogP contribution in [-0.2, 0) is 14.4 Å². The molecule has 196 valence electrons. The van der Waals surface area contributed by atoms with Crippen LogP contribution in [0.4, 0.5) is 5.69 Å². The summed E-state index contributed by atoms with van der Waals surface area (Å²) in [7, 11) is 0. The summed E-state index contributed by atoms with van der Waals surface area (Å²) in [6.45, 7) is 5.82. The Morgan fingerprint density at radius 3 is 2.44 bits per heavy atom. The topological polar surface area (TPSA) is 98.7 Å². The van der Waals surface area contributed by atoms with Gasteiger partial charge in [-0.3, -0.25) is 14.4 Å². The lowest BCUT2D eigenvalue weighted by molar-refractivity contribution is -0.143. The zero-order chi connectivity index (χ0) is 25.7. The maximum atomic E-state index is 14.2. The van der Waals surface area contributed by atoms with Crippen molar-refractivity contribution in [2.75, 3.05) is 11.9 Å². The molecule has 2 unspecified atom stereocenters. The second-order valence-corrected chi connectivity index (χ2v) is 13.6. The molecule has 36 heavy (non-hydrogen) atoms. The Labute approximate surface area is 218 Å². The minimum absolute atomic E-state index is 0.0199. The van der Waals surface area contributed by atoms with Crippen LogP contribution in [0, 0.1) is 17.8 Å². The van der Waals surface area contributed by atoms with E-state index in [0.29, 0.717) is 5.69 Å². The molecule has 3 amide bonds. The molecule has 1 aliphatic carbocycles. The van der Waals surface area contributed by atoms with Gasteiger partial charge in [0.1, 0.15) is 6.04 Å². The van der Waals surface area contributed by atoms with Crippen LogP contribution in [-0.4, -0.2) is 62.0 Å². The summed E-state index contributed by atoms with van der Waals surface area (Å²) in [5.74, 6) is -1.57. The number of nitrogens with zero attached hydrogens (tertiary/aromatic N) is 1. The van der Waals surface area contributed by atoms with E-state index in [-0.39, 0.29) is 36.3 Å². The number of para-hydroxylation sites is 1. The number of rotatable bonds is 7. The van der Waals surface area contributed by atoms with Crippen LogP contribution < -0.4 is 10.6 Å². The van der Waals surface area contributed by atoms with Gasteiger partial charge in [0.05, 0.1) is 29.2 Å². The molecule has 3 N–H and O–H groups in total. The largest absolute Gasteiger partial charge is 0.394 e. The molecule has 1 aromatic rings. The molecule has 3 aliphatic heterocycles. The molecule has 0 radical (unpaired) electrons. The first-order valence-electron chi connectivity index (χ1n) is 13.5. The minimum Gasteiger partial charge on any atom is -0.394 e. The van der Waals surface area contributed by atoms with Crippen LogP contribution in [0.2, 0.25) is 0 Å². The van der Waals surface area contributed by atoms with E-state index in [1.807, 2.05) is 44.2 Å².